The summed E-state index contributed by atoms with van der Waals surface area (Å²) < 4.78 is 0. The van der Waals surface area contributed by atoms with Crippen molar-refractivity contribution in [2.45, 2.75) is 32.6 Å². The van der Waals surface area contributed by atoms with Gasteiger partial charge in [-0.05, 0) is 49.5 Å². The molecule has 1 saturated carbocycles. The molecule has 2 aromatic heterocycles. The predicted molar refractivity (Wildman–Crippen MR) is 109 cm³/mol. The predicted octanol–water partition coefficient (Wildman–Crippen LogP) is 2.96. The third kappa shape index (κ3) is 3.29. The molecule has 144 valence electrons. The molecule has 28 heavy (non-hydrogen) atoms. The number of nitrogens with one attached hydrogen (secondary N) is 1. The molecular formula is C22H24N4O2. The molecule has 1 aliphatic heterocycles. The van der Waals surface area contributed by atoms with Gasteiger partial charge in [-0.15, -0.1) is 6.42 Å². The topological polar surface area (TPSA) is 69.3 Å². The second-order valence-corrected chi connectivity index (χ2v) is 7.64. The van der Waals surface area contributed by atoms with E-state index in [4.69, 9.17) is 6.42 Å². The zero-order valence-corrected chi connectivity index (χ0v) is 16.3. The van der Waals surface area contributed by atoms with Gasteiger partial charge in [0, 0.05) is 37.6 Å². The summed E-state index contributed by atoms with van der Waals surface area (Å²) >= 11 is 0. The van der Waals surface area contributed by atoms with Gasteiger partial charge in [-0.3, -0.25) is 14.5 Å². The summed E-state index contributed by atoms with van der Waals surface area (Å²) in [5.74, 6) is 3.36. The Balaban J connectivity index is 1.71. The third-order valence-electron chi connectivity index (χ3n) is 5.62. The summed E-state index contributed by atoms with van der Waals surface area (Å²) in [6, 6.07) is 4.02. The average molecular weight is 376 g/mol. The second-order valence-electron chi connectivity index (χ2n) is 7.64. The number of amides is 2. The number of fused-ring (bicyclic) bond motifs is 1. The molecule has 6 nitrogen and oxygen atoms in total. The van der Waals surface area contributed by atoms with Crippen LogP contribution in [0.25, 0.3) is 16.6 Å². The van der Waals surface area contributed by atoms with E-state index in [0.717, 1.165) is 41.4 Å². The van der Waals surface area contributed by atoms with Crippen molar-refractivity contribution in [3.8, 4) is 12.3 Å². The Kier molecular flexibility index (Phi) is 4.68. The first kappa shape index (κ1) is 18.3. The molecule has 0 unspecified atom stereocenters. The Bertz CT molecular complexity index is 1020. The van der Waals surface area contributed by atoms with Crippen LogP contribution in [0.4, 0.5) is 5.82 Å². The van der Waals surface area contributed by atoms with Crippen LogP contribution in [0.2, 0.25) is 0 Å². The zero-order valence-electron chi connectivity index (χ0n) is 16.3. The molecule has 0 spiro atoms. The van der Waals surface area contributed by atoms with E-state index in [1.807, 2.05) is 23.2 Å². The first-order valence-corrected chi connectivity index (χ1v) is 9.65. The van der Waals surface area contributed by atoms with Crippen molar-refractivity contribution >= 4 is 34.2 Å². The molecule has 2 aromatic rings. The van der Waals surface area contributed by atoms with Crippen LogP contribution >= 0.6 is 0 Å². The number of pyridine rings is 1. The lowest BCUT2D eigenvalue weighted by atomic mass is 9.92. The Morgan fingerprint density at radius 2 is 2.21 bits per heavy atom. The van der Waals surface area contributed by atoms with E-state index in [1.165, 1.54) is 5.57 Å². The normalized spacial score (nSPS) is 17.0. The lowest BCUT2D eigenvalue weighted by molar-refractivity contribution is -0.129. The molecule has 6 heteroatoms. The van der Waals surface area contributed by atoms with Gasteiger partial charge in [-0.1, -0.05) is 11.5 Å². The average Bonchev–Trinajstić information content (AvgIpc) is 3.43. The third-order valence-corrected chi connectivity index (χ3v) is 5.62. The van der Waals surface area contributed by atoms with Gasteiger partial charge in [0.05, 0.1) is 6.42 Å². The largest absolute Gasteiger partial charge is 0.346 e. The maximum Gasteiger partial charge on any atom is 0.234 e. The summed E-state index contributed by atoms with van der Waals surface area (Å²) in [4.78, 5) is 36.0. The van der Waals surface area contributed by atoms with E-state index in [1.54, 1.807) is 11.9 Å². The zero-order chi connectivity index (χ0) is 19.8. The fraction of sp³-hybridized carbons (Fsp3) is 0.409. The fourth-order valence-electron chi connectivity index (χ4n) is 3.86. The van der Waals surface area contributed by atoms with Gasteiger partial charge in [-0.2, -0.15) is 0 Å². The molecule has 0 saturated heterocycles. The maximum absolute atomic E-state index is 12.5. The Hall–Kier alpha value is -3.07. The van der Waals surface area contributed by atoms with E-state index in [-0.39, 0.29) is 24.2 Å². The molecule has 0 radical (unpaired) electrons. The van der Waals surface area contributed by atoms with Gasteiger partial charge in [0.25, 0.3) is 0 Å². The number of carbonyl (C=O) groups excluding carboxylic acids is 2. The minimum absolute atomic E-state index is 0.00197. The summed E-state index contributed by atoms with van der Waals surface area (Å²) in [6.07, 6.45) is 9.98. The SMILES string of the molecule is C#CCC(=O)N1CCC(c2cc(N(C)C(=O)C3CC3)nc3[nH]ccc23)=C(C)C1. The second kappa shape index (κ2) is 7.16. The number of H-pyrrole nitrogens is 1. The molecule has 2 aliphatic rings. The summed E-state index contributed by atoms with van der Waals surface area (Å²) in [5, 5.41) is 1.04. The molecule has 1 fully saturated rings. The number of aromatic nitrogens is 2. The number of aromatic amines is 1. The van der Waals surface area contributed by atoms with Crippen LogP contribution in [0.15, 0.2) is 23.9 Å². The van der Waals surface area contributed by atoms with Crippen molar-refractivity contribution in [2.24, 2.45) is 5.92 Å². The Morgan fingerprint density at radius 1 is 1.43 bits per heavy atom. The van der Waals surface area contributed by atoms with Crippen molar-refractivity contribution in [1.82, 2.24) is 14.9 Å². The molecule has 2 amide bonds. The van der Waals surface area contributed by atoms with Crippen molar-refractivity contribution in [3.05, 3.63) is 29.5 Å². The van der Waals surface area contributed by atoms with Gasteiger partial charge < -0.3 is 9.88 Å². The van der Waals surface area contributed by atoms with E-state index in [9.17, 15) is 9.59 Å². The lowest BCUT2D eigenvalue weighted by Gasteiger charge is -2.30. The van der Waals surface area contributed by atoms with Gasteiger partial charge in [0.2, 0.25) is 11.8 Å². The fourth-order valence-corrected chi connectivity index (χ4v) is 3.86. The standard InChI is InChI=1S/C22H24N4O2/c1-4-5-20(27)26-11-9-16(14(2)13-26)18-12-19(24-21-17(18)8-10-23-21)25(3)22(28)15-6-7-15/h1,8,10,12,15H,5-7,9,11,13H2,2-3H3,(H,23,24). The molecule has 1 aliphatic carbocycles. The van der Waals surface area contributed by atoms with Crippen LogP contribution in [0, 0.1) is 18.3 Å². The molecule has 4 rings (SSSR count). The highest BCUT2D eigenvalue weighted by atomic mass is 16.2. The minimum Gasteiger partial charge on any atom is -0.346 e. The number of rotatable bonds is 4. The van der Waals surface area contributed by atoms with Gasteiger partial charge >= 0.3 is 0 Å². The van der Waals surface area contributed by atoms with Crippen molar-refractivity contribution < 1.29 is 9.59 Å². The van der Waals surface area contributed by atoms with Crippen LogP contribution in [-0.2, 0) is 9.59 Å². The highest BCUT2D eigenvalue weighted by Crippen LogP contribution is 2.36. The number of anilines is 1. The number of nitrogens with zero attached hydrogens (tertiary/aromatic N) is 3. The van der Waals surface area contributed by atoms with Gasteiger partial charge in [0.1, 0.15) is 11.5 Å². The molecule has 0 bridgehead atoms. The van der Waals surface area contributed by atoms with Gasteiger partial charge in [-0.25, -0.2) is 4.98 Å². The first-order chi connectivity index (χ1) is 13.5. The number of hydrogen-bond donors (Lipinski definition) is 1. The molecular weight excluding hydrogens is 352 g/mol. The number of carbonyl (C=O) groups is 2. The molecule has 3 heterocycles. The van der Waals surface area contributed by atoms with Crippen LogP contribution in [-0.4, -0.2) is 46.8 Å². The number of hydrogen-bond acceptors (Lipinski definition) is 3. The number of terminal acetylenes is 1. The Labute approximate surface area is 164 Å². The van der Waals surface area contributed by atoms with Gasteiger partial charge in [0.15, 0.2) is 0 Å². The van der Waals surface area contributed by atoms with E-state index in [0.29, 0.717) is 18.9 Å². The summed E-state index contributed by atoms with van der Waals surface area (Å²) in [5.41, 5.74) is 4.21. The van der Waals surface area contributed by atoms with E-state index in [2.05, 4.69) is 22.8 Å². The highest BCUT2D eigenvalue weighted by Gasteiger charge is 2.33. The Morgan fingerprint density at radius 3 is 2.89 bits per heavy atom. The smallest absolute Gasteiger partial charge is 0.234 e. The van der Waals surface area contributed by atoms with Crippen molar-refractivity contribution in [2.75, 3.05) is 25.0 Å². The van der Waals surface area contributed by atoms with Crippen molar-refractivity contribution in [3.63, 3.8) is 0 Å². The first-order valence-electron chi connectivity index (χ1n) is 9.65. The summed E-state index contributed by atoms with van der Waals surface area (Å²) in [7, 11) is 1.80. The molecule has 0 atom stereocenters. The highest BCUT2D eigenvalue weighted by molar-refractivity contribution is 5.99. The van der Waals surface area contributed by atoms with Crippen LogP contribution in [0.5, 0.6) is 0 Å². The van der Waals surface area contributed by atoms with E-state index >= 15 is 0 Å². The lowest BCUT2D eigenvalue weighted by Crippen LogP contribution is -2.36. The van der Waals surface area contributed by atoms with E-state index < -0.39 is 0 Å². The monoisotopic (exact) mass is 376 g/mol. The quantitative estimate of drug-likeness (QED) is 0.834. The van der Waals surface area contributed by atoms with Crippen LogP contribution < -0.4 is 4.90 Å². The minimum atomic E-state index is -0.00197. The van der Waals surface area contributed by atoms with Crippen LogP contribution in [0.1, 0.15) is 38.2 Å². The summed E-state index contributed by atoms with van der Waals surface area (Å²) in [6.45, 7) is 3.28. The maximum atomic E-state index is 12.5. The molecule has 1 N–H and O–H groups in total. The van der Waals surface area contributed by atoms with Crippen molar-refractivity contribution in [1.29, 1.82) is 0 Å². The molecule has 0 aromatic carbocycles. The van der Waals surface area contributed by atoms with Crippen LogP contribution in [0.3, 0.4) is 0 Å².